The number of carbonyl (C=O) groups excluding carboxylic acids is 1. The average Bonchev–Trinajstić information content (AvgIpc) is 2.68. The third kappa shape index (κ3) is 8.78. The molecule has 3 N–H and O–H groups in total. The minimum Gasteiger partial charge on any atom is -0.481 e. The van der Waals surface area contributed by atoms with E-state index in [0.29, 0.717) is 25.7 Å². The summed E-state index contributed by atoms with van der Waals surface area (Å²) >= 11 is 0. The molecule has 1 saturated carbocycles. The predicted octanol–water partition coefficient (Wildman–Crippen LogP) is 2.87. The first kappa shape index (κ1) is 25.5. The fourth-order valence-electron chi connectivity index (χ4n) is 4.91. The van der Waals surface area contributed by atoms with Crippen LogP contribution in [0.25, 0.3) is 0 Å². The maximum Gasteiger partial charge on any atom is 0.317 e. The highest BCUT2D eigenvalue weighted by Crippen LogP contribution is 2.35. The molecule has 0 bridgehead atoms. The fraction of sp³-hybridized carbons (Fsp3) is 0.583. The molecule has 0 heterocycles. The molecule has 176 valence electrons. The Labute approximate surface area is 188 Å². The third-order valence-corrected chi connectivity index (χ3v) is 6.11. The van der Waals surface area contributed by atoms with E-state index in [9.17, 15) is 34.5 Å². The molecule has 3 atom stereocenters. The van der Waals surface area contributed by atoms with Crippen molar-refractivity contribution in [2.45, 2.75) is 64.3 Å². The van der Waals surface area contributed by atoms with E-state index in [1.165, 1.54) is 11.8 Å². The molecule has 32 heavy (non-hydrogen) atoms. The summed E-state index contributed by atoms with van der Waals surface area (Å²) in [5, 5.41) is 28.0. The minimum absolute atomic E-state index is 0.00369. The van der Waals surface area contributed by atoms with Crippen molar-refractivity contribution in [3.8, 4) is 0 Å². The van der Waals surface area contributed by atoms with Crippen molar-refractivity contribution >= 4 is 23.7 Å². The van der Waals surface area contributed by atoms with E-state index in [1.54, 1.807) is 0 Å². The Morgan fingerprint density at radius 3 is 2.00 bits per heavy atom. The molecule has 1 fully saturated rings. The molecular weight excluding hydrogens is 414 g/mol. The van der Waals surface area contributed by atoms with Gasteiger partial charge in [-0.2, -0.15) is 0 Å². The molecule has 0 saturated heterocycles. The van der Waals surface area contributed by atoms with Gasteiger partial charge in [0.1, 0.15) is 5.78 Å². The molecule has 0 radical (unpaired) electrons. The van der Waals surface area contributed by atoms with Crippen LogP contribution < -0.4 is 0 Å². The van der Waals surface area contributed by atoms with Gasteiger partial charge >= 0.3 is 17.9 Å². The van der Waals surface area contributed by atoms with Gasteiger partial charge in [-0.1, -0.05) is 37.1 Å². The fourth-order valence-corrected chi connectivity index (χ4v) is 4.91. The zero-order valence-corrected chi connectivity index (χ0v) is 18.5. The van der Waals surface area contributed by atoms with Gasteiger partial charge in [0.2, 0.25) is 0 Å². The van der Waals surface area contributed by atoms with Gasteiger partial charge in [-0.15, -0.1) is 0 Å². The van der Waals surface area contributed by atoms with E-state index in [2.05, 4.69) is 0 Å². The van der Waals surface area contributed by atoms with Crippen molar-refractivity contribution < 1.29 is 34.5 Å². The highest BCUT2D eigenvalue weighted by atomic mass is 16.4. The monoisotopic (exact) mass is 447 g/mol. The van der Waals surface area contributed by atoms with Crippen molar-refractivity contribution in [2.75, 3.05) is 13.1 Å². The highest BCUT2D eigenvalue weighted by Gasteiger charge is 2.34. The largest absolute Gasteiger partial charge is 0.481 e. The van der Waals surface area contributed by atoms with Crippen LogP contribution in [0.2, 0.25) is 0 Å². The lowest BCUT2D eigenvalue weighted by molar-refractivity contribution is -0.144. The molecule has 0 spiro atoms. The van der Waals surface area contributed by atoms with Crippen LogP contribution in [0.4, 0.5) is 0 Å². The Morgan fingerprint density at radius 2 is 1.47 bits per heavy atom. The first-order valence-electron chi connectivity index (χ1n) is 11.1. The van der Waals surface area contributed by atoms with Crippen molar-refractivity contribution in [1.29, 1.82) is 0 Å². The molecule has 1 aromatic rings. The zero-order valence-electron chi connectivity index (χ0n) is 18.5. The number of nitrogens with zero attached hydrogens (tertiary/aromatic N) is 1. The third-order valence-electron chi connectivity index (χ3n) is 6.11. The van der Waals surface area contributed by atoms with Crippen LogP contribution in [0.3, 0.4) is 0 Å². The van der Waals surface area contributed by atoms with Crippen molar-refractivity contribution in [3.05, 3.63) is 35.4 Å². The van der Waals surface area contributed by atoms with Gasteiger partial charge in [0, 0.05) is 18.9 Å². The van der Waals surface area contributed by atoms with Gasteiger partial charge in [0.25, 0.3) is 0 Å². The number of benzene rings is 1. The number of Topliss-reactive ketones (excluding diaryl/α,β-unsaturated/α-hetero) is 1. The topological polar surface area (TPSA) is 132 Å². The molecule has 8 heteroatoms. The molecule has 0 aromatic heterocycles. The quantitative estimate of drug-likeness (QED) is 0.420. The van der Waals surface area contributed by atoms with E-state index in [-0.39, 0.29) is 43.2 Å². The van der Waals surface area contributed by atoms with Crippen molar-refractivity contribution in [1.82, 2.24) is 4.90 Å². The summed E-state index contributed by atoms with van der Waals surface area (Å²) in [6, 6.07) is 7.43. The standard InChI is InChI=1S/C24H33NO7/c1-16(26)10-17-6-8-18(9-7-17)11-19(13-22(27)28)12-20-4-2-3-5-21(20)25(14-23(29)30)15-24(31)32/h6-9,19-21H,2-5,10-15H2,1H3,(H,27,28)(H,29,30)(H,31,32)/t19?,20-,21+/m1/s1. The number of ketones is 1. The van der Waals surface area contributed by atoms with Crippen LogP contribution in [0, 0.1) is 11.8 Å². The van der Waals surface area contributed by atoms with E-state index in [4.69, 9.17) is 0 Å². The number of hydrogen-bond acceptors (Lipinski definition) is 5. The summed E-state index contributed by atoms with van der Waals surface area (Å²) < 4.78 is 0. The van der Waals surface area contributed by atoms with Crippen LogP contribution in [-0.4, -0.2) is 63.0 Å². The van der Waals surface area contributed by atoms with Crippen LogP contribution in [0.1, 0.15) is 56.6 Å². The summed E-state index contributed by atoms with van der Waals surface area (Å²) in [4.78, 5) is 47.0. The van der Waals surface area contributed by atoms with Gasteiger partial charge < -0.3 is 15.3 Å². The molecule has 2 rings (SSSR count). The number of rotatable bonds is 13. The lowest BCUT2D eigenvalue weighted by atomic mass is 9.76. The Bertz CT molecular complexity index is 789. The van der Waals surface area contributed by atoms with Gasteiger partial charge in [0.15, 0.2) is 0 Å². The van der Waals surface area contributed by atoms with Crippen LogP contribution in [0.5, 0.6) is 0 Å². The second-order valence-corrected chi connectivity index (χ2v) is 8.90. The van der Waals surface area contributed by atoms with Crippen molar-refractivity contribution in [2.24, 2.45) is 11.8 Å². The lowest BCUT2D eigenvalue weighted by Gasteiger charge is -2.40. The second kappa shape index (κ2) is 12.3. The maximum absolute atomic E-state index is 11.5. The molecule has 1 unspecified atom stereocenters. The number of carbonyl (C=O) groups is 4. The molecular formula is C24H33NO7. The number of aliphatic carboxylic acids is 3. The molecule has 1 aromatic carbocycles. The second-order valence-electron chi connectivity index (χ2n) is 8.90. The Kier molecular flexibility index (Phi) is 9.84. The minimum atomic E-state index is -1.07. The van der Waals surface area contributed by atoms with Gasteiger partial charge in [-0.05, 0) is 55.6 Å². The molecule has 1 aliphatic rings. The van der Waals surface area contributed by atoms with Gasteiger partial charge in [-0.3, -0.25) is 24.1 Å². The Hall–Kier alpha value is -2.74. The summed E-state index contributed by atoms with van der Waals surface area (Å²) in [5.41, 5.74) is 1.91. The van der Waals surface area contributed by atoms with E-state index in [0.717, 1.165) is 30.4 Å². The summed E-state index contributed by atoms with van der Waals surface area (Å²) in [7, 11) is 0. The van der Waals surface area contributed by atoms with Gasteiger partial charge in [-0.25, -0.2) is 0 Å². The summed E-state index contributed by atoms with van der Waals surface area (Å²) in [5.74, 6) is -3.04. The molecule has 0 amide bonds. The maximum atomic E-state index is 11.5. The van der Waals surface area contributed by atoms with Crippen LogP contribution in [-0.2, 0) is 32.0 Å². The summed E-state index contributed by atoms with van der Waals surface area (Å²) in [6.07, 6.45) is 4.93. The normalized spacial score (nSPS) is 19.4. The Morgan fingerprint density at radius 1 is 0.906 bits per heavy atom. The zero-order chi connectivity index (χ0) is 23.7. The lowest BCUT2D eigenvalue weighted by Crippen LogP contribution is -2.47. The Balaban J connectivity index is 2.15. The van der Waals surface area contributed by atoms with Crippen molar-refractivity contribution in [3.63, 3.8) is 0 Å². The molecule has 1 aliphatic carbocycles. The predicted molar refractivity (Wildman–Crippen MR) is 117 cm³/mol. The number of carboxylic acids is 3. The smallest absolute Gasteiger partial charge is 0.317 e. The highest BCUT2D eigenvalue weighted by molar-refractivity contribution is 5.78. The first-order valence-corrected chi connectivity index (χ1v) is 11.1. The summed E-state index contributed by atoms with van der Waals surface area (Å²) in [6.45, 7) is 0.860. The van der Waals surface area contributed by atoms with E-state index < -0.39 is 17.9 Å². The van der Waals surface area contributed by atoms with Crippen LogP contribution >= 0.6 is 0 Å². The molecule has 8 nitrogen and oxygen atoms in total. The van der Waals surface area contributed by atoms with E-state index in [1.807, 2.05) is 24.3 Å². The SMILES string of the molecule is CC(=O)Cc1ccc(CC(CC(=O)O)C[C@H]2CCCC[C@@H]2N(CC(=O)O)CC(=O)O)cc1. The van der Waals surface area contributed by atoms with Crippen LogP contribution in [0.15, 0.2) is 24.3 Å². The number of carboxylic acid groups (broad SMARTS) is 3. The van der Waals surface area contributed by atoms with Gasteiger partial charge in [0.05, 0.1) is 13.1 Å². The van der Waals surface area contributed by atoms with E-state index >= 15 is 0 Å². The average molecular weight is 448 g/mol. The number of hydrogen-bond donors (Lipinski definition) is 3. The molecule has 0 aliphatic heterocycles. The first-order chi connectivity index (χ1) is 15.1.